The van der Waals surface area contributed by atoms with Gasteiger partial charge in [0, 0.05) is 0 Å². The highest BCUT2D eigenvalue weighted by Gasteiger charge is 2.46. The molecule has 0 saturated carbocycles. The first-order valence-corrected chi connectivity index (χ1v) is 9.36. The van der Waals surface area contributed by atoms with Gasteiger partial charge in [-0.2, -0.15) is 0 Å². The van der Waals surface area contributed by atoms with Crippen molar-refractivity contribution in [3.05, 3.63) is 0 Å². The lowest BCUT2D eigenvalue weighted by molar-refractivity contribution is -0.274. The van der Waals surface area contributed by atoms with Crippen LogP contribution in [0.1, 0.15) is 20.8 Å². The molecule has 0 spiro atoms. The Morgan fingerprint density at radius 3 is 2.16 bits per heavy atom. The largest absolute Gasteiger partial charge is 0.414 e. The van der Waals surface area contributed by atoms with Crippen LogP contribution in [0.2, 0.25) is 18.1 Å². The van der Waals surface area contributed by atoms with Crippen LogP contribution < -0.4 is 0 Å². The minimum absolute atomic E-state index is 0.0236. The van der Waals surface area contributed by atoms with Crippen molar-refractivity contribution in [2.75, 3.05) is 6.61 Å². The summed E-state index contributed by atoms with van der Waals surface area (Å²) in [7, 11) is -2.05. The van der Waals surface area contributed by atoms with E-state index in [1.165, 1.54) is 0 Å². The molecule has 0 amide bonds. The molecule has 7 heteroatoms. The maximum Gasteiger partial charge on any atom is 0.192 e. The van der Waals surface area contributed by atoms with Crippen LogP contribution in [0.4, 0.5) is 4.39 Å². The fraction of sp³-hybridized carbons (Fsp3) is 1.00. The number of halogens is 1. The van der Waals surface area contributed by atoms with E-state index in [1.807, 2.05) is 13.1 Å². The molecular weight excluding hydrogens is 271 g/mol. The zero-order valence-corrected chi connectivity index (χ0v) is 13.1. The highest BCUT2D eigenvalue weighted by Crippen LogP contribution is 2.37. The second kappa shape index (κ2) is 5.75. The Bertz CT molecular complexity index is 307. The minimum atomic E-state index is -2.05. The molecule has 114 valence electrons. The van der Waals surface area contributed by atoms with Crippen LogP contribution in [0.3, 0.4) is 0 Å². The summed E-state index contributed by atoms with van der Waals surface area (Å²) >= 11 is 0. The molecule has 0 aromatic carbocycles. The molecule has 1 fully saturated rings. The van der Waals surface area contributed by atoms with Gasteiger partial charge in [-0.25, -0.2) is 4.39 Å². The van der Waals surface area contributed by atoms with E-state index in [1.54, 1.807) is 0 Å². The average molecular weight is 296 g/mol. The van der Waals surface area contributed by atoms with Crippen LogP contribution in [0.5, 0.6) is 0 Å². The Balaban J connectivity index is 2.63. The maximum absolute atomic E-state index is 13.8. The van der Waals surface area contributed by atoms with Crippen LogP contribution in [0.25, 0.3) is 0 Å². The smallest absolute Gasteiger partial charge is 0.192 e. The molecule has 5 atom stereocenters. The molecule has 0 aromatic heterocycles. The zero-order chi connectivity index (χ0) is 15.0. The van der Waals surface area contributed by atoms with Crippen LogP contribution in [0, 0.1) is 0 Å². The van der Waals surface area contributed by atoms with Crippen molar-refractivity contribution in [1.29, 1.82) is 0 Å². The third-order valence-electron chi connectivity index (χ3n) is 4.05. The summed E-state index contributed by atoms with van der Waals surface area (Å²) in [6.07, 6.45) is -7.71. The van der Waals surface area contributed by atoms with E-state index >= 15 is 0 Å². The molecule has 19 heavy (non-hydrogen) atoms. The molecule has 0 aromatic rings. The van der Waals surface area contributed by atoms with E-state index < -0.39 is 39.1 Å². The summed E-state index contributed by atoms with van der Waals surface area (Å²) in [6, 6.07) is 0. The number of hydrogen-bond acceptors (Lipinski definition) is 5. The molecule has 5 nitrogen and oxygen atoms in total. The molecule has 3 N–H and O–H groups in total. The van der Waals surface area contributed by atoms with Crippen LogP contribution >= 0.6 is 0 Å². The predicted molar refractivity (Wildman–Crippen MR) is 70.9 cm³/mol. The second-order valence-electron chi connectivity index (χ2n) is 6.56. The standard InChI is InChI=1S/C12H25FO5Si/c1-12(2,3)19(4,5)17-6-7-8(13)9(14)10(15)11(16)18-7/h7-11,14-16H,6H2,1-5H3/t7-,8-,9+,10+,11?/m1/s1. The third kappa shape index (κ3) is 3.74. The summed E-state index contributed by atoms with van der Waals surface area (Å²) in [5.41, 5.74) is 0. The Hall–Kier alpha value is -0.0531. The lowest BCUT2D eigenvalue weighted by atomic mass is 10.0. The van der Waals surface area contributed by atoms with Crippen LogP contribution in [-0.2, 0) is 9.16 Å². The van der Waals surface area contributed by atoms with E-state index in [2.05, 4.69) is 20.8 Å². The van der Waals surface area contributed by atoms with Gasteiger partial charge >= 0.3 is 0 Å². The van der Waals surface area contributed by atoms with Gasteiger partial charge in [-0.1, -0.05) is 20.8 Å². The van der Waals surface area contributed by atoms with Gasteiger partial charge in [0.15, 0.2) is 20.8 Å². The number of aliphatic hydroxyl groups excluding tert-OH is 3. The SMILES string of the molecule is CC(C)(C)[Si](C)(C)OC[C@H]1OC(O)[C@@H](O)[C@@H](O)[C@@H]1F. The van der Waals surface area contributed by atoms with Gasteiger partial charge in [0.25, 0.3) is 0 Å². The number of aliphatic hydroxyl groups is 3. The van der Waals surface area contributed by atoms with Gasteiger partial charge in [-0.3, -0.25) is 0 Å². The number of alkyl halides is 1. The van der Waals surface area contributed by atoms with Crippen molar-refractivity contribution in [1.82, 2.24) is 0 Å². The summed E-state index contributed by atoms with van der Waals surface area (Å²) in [5, 5.41) is 28.1. The van der Waals surface area contributed by atoms with E-state index in [4.69, 9.17) is 9.16 Å². The molecule has 0 bridgehead atoms. The van der Waals surface area contributed by atoms with Crippen molar-refractivity contribution in [2.45, 2.75) is 69.7 Å². The minimum Gasteiger partial charge on any atom is -0.414 e. The fourth-order valence-electron chi connectivity index (χ4n) is 1.55. The van der Waals surface area contributed by atoms with Gasteiger partial charge in [-0.15, -0.1) is 0 Å². The summed E-state index contributed by atoms with van der Waals surface area (Å²) < 4.78 is 24.6. The van der Waals surface area contributed by atoms with Gasteiger partial charge in [0.1, 0.15) is 18.3 Å². The first kappa shape index (κ1) is 17.0. The van der Waals surface area contributed by atoms with Crippen molar-refractivity contribution in [2.24, 2.45) is 0 Å². The van der Waals surface area contributed by atoms with Crippen molar-refractivity contribution in [3.8, 4) is 0 Å². The maximum atomic E-state index is 13.8. The molecular formula is C12H25FO5Si. The van der Waals surface area contributed by atoms with E-state index in [0.717, 1.165) is 0 Å². The molecule has 1 saturated heterocycles. The Morgan fingerprint density at radius 2 is 1.68 bits per heavy atom. The highest BCUT2D eigenvalue weighted by molar-refractivity contribution is 6.74. The second-order valence-corrected chi connectivity index (χ2v) is 11.4. The van der Waals surface area contributed by atoms with Gasteiger partial charge in [0.05, 0.1) is 6.61 Å². The van der Waals surface area contributed by atoms with E-state index in [0.29, 0.717) is 0 Å². The quantitative estimate of drug-likeness (QED) is 0.671. The summed E-state index contributed by atoms with van der Waals surface area (Å²) in [6.45, 7) is 10.2. The number of ether oxygens (including phenoxy) is 1. The fourth-order valence-corrected chi connectivity index (χ4v) is 2.56. The molecule has 1 aliphatic heterocycles. The molecule has 1 heterocycles. The van der Waals surface area contributed by atoms with Crippen molar-refractivity contribution < 1.29 is 28.9 Å². The summed E-state index contributed by atoms with van der Waals surface area (Å²) in [5.74, 6) is 0. The monoisotopic (exact) mass is 296 g/mol. The number of rotatable bonds is 3. The molecule has 1 unspecified atom stereocenters. The molecule has 0 radical (unpaired) electrons. The van der Waals surface area contributed by atoms with Crippen molar-refractivity contribution >= 4 is 8.32 Å². The number of hydrogen-bond donors (Lipinski definition) is 3. The Kier molecular flexibility index (Phi) is 5.14. The first-order chi connectivity index (χ1) is 8.47. The van der Waals surface area contributed by atoms with E-state index in [9.17, 15) is 19.7 Å². The predicted octanol–water partition coefficient (Wildman–Crippen LogP) is 0.785. The highest BCUT2D eigenvalue weighted by atomic mass is 28.4. The lowest BCUT2D eigenvalue weighted by Gasteiger charge is -2.41. The molecule has 1 rings (SSSR count). The molecule has 1 aliphatic rings. The topological polar surface area (TPSA) is 79.2 Å². The Morgan fingerprint density at radius 1 is 1.16 bits per heavy atom. The van der Waals surface area contributed by atoms with Gasteiger partial charge in [0.2, 0.25) is 0 Å². The lowest BCUT2D eigenvalue weighted by Crippen LogP contribution is -2.58. The average Bonchev–Trinajstić information content (AvgIpc) is 2.28. The summed E-state index contributed by atoms with van der Waals surface area (Å²) in [4.78, 5) is 0. The van der Waals surface area contributed by atoms with Crippen molar-refractivity contribution in [3.63, 3.8) is 0 Å². The van der Waals surface area contributed by atoms with Gasteiger partial charge in [-0.05, 0) is 18.1 Å². The molecule has 0 aliphatic carbocycles. The Labute approximate surface area is 114 Å². The van der Waals surface area contributed by atoms with Gasteiger partial charge < -0.3 is 24.5 Å². The van der Waals surface area contributed by atoms with E-state index in [-0.39, 0.29) is 11.6 Å². The first-order valence-electron chi connectivity index (χ1n) is 6.45. The third-order valence-corrected chi connectivity index (χ3v) is 8.55. The normalized spacial score (nSPS) is 37.4. The van der Waals surface area contributed by atoms with Crippen LogP contribution in [-0.4, -0.2) is 61.0 Å². The zero-order valence-electron chi connectivity index (χ0n) is 12.1. The van der Waals surface area contributed by atoms with Crippen LogP contribution in [0.15, 0.2) is 0 Å².